The molecule has 4 nitrogen and oxygen atoms in total. The van der Waals surface area contributed by atoms with Gasteiger partial charge in [-0.15, -0.1) is 23.1 Å². The molecular weight excluding hydrogens is 268 g/mol. The number of nitrogens with one attached hydrogen (secondary N) is 2. The second-order valence-electron chi connectivity index (χ2n) is 4.14. The Bertz CT molecular complexity index is 441. The van der Waals surface area contributed by atoms with Gasteiger partial charge in [0, 0.05) is 23.9 Å². The van der Waals surface area contributed by atoms with Crippen molar-refractivity contribution >= 4 is 34.9 Å². The third kappa shape index (κ3) is 3.49. The van der Waals surface area contributed by atoms with E-state index in [-0.39, 0.29) is 17.7 Å². The van der Waals surface area contributed by atoms with Crippen LogP contribution in [0.1, 0.15) is 22.5 Å². The molecule has 1 aromatic heterocycles. The lowest BCUT2D eigenvalue weighted by Crippen LogP contribution is -2.35. The summed E-state index contributed by atoms with van der Waals surface area (Å²) < 4.78 is 0. The Morgan fingerprint density at radius 1 is 1.39 bits per heavy atom. The van der Waals surface area contributed by atoms with Crippen LogP contribution < -0.4 is 10.6 Å². The molecule has 1 saturated carbocycles. The molecule has 0 aromatic carbocycles. The summed E-state index contributed by atoms with van der Waals surface area (Å²) in [5.41, 5.74) is 0. The van der Waals surface area contributed by atoms with E-state index in [0.29, 0.717) is 13.1 Å². The predicted octanol–water partition coefficient (Wildman–Crippen LogP) is 1.73. The second kappa shape index (κ2) is 6.24. The summed E-state index contributed by atoms with van der Waals surface area (Å²) in [7, 11) is 0. The van der Waals surface area contributed by atoms with E-state index in [0.717, 1.165) is 22.6 Å². The Morgan fingerprint density at radius 3 is 2.78 bits per heavy atom. The number of thiophene rings is 1. The van der Waals surface area contributed by atoms with Crippen LogP contribution in [0.2, 0.25) is 0 Å². The highest BCUT2D eigenvalue weighted by Gasteiger charge is 2.29. The van der Waals surface area contributed by atoms with Crippen molar-refractivity contribution in [2.75, 3.05) is 19.3 Å². The van der Waals surface area contributed by atoms with Crippen LogP contribution in [-0.2, 0) is 4.79 Å². The Kier molecular flexibility index (Phi) is 4.66. The largest absolute Gasteiger partial charge is 0.354 e. The minimum Gasteiger partial charge on any atom is -0.354 e. The van der Waals surface area contributed by atoms with Crippen molar-refractivity contribution in [2.45, 2.75) is 17.7 Å². The van der Waals surface area contributed by atoms with Gasteiger partial charge in [0.05, 0.1) is 0 Å². The van der Waals surface area contributed by atoms with Crippen molar-refractivity contribution in [3.8, 4) is 0 Å². The third-order valence-electron chi connectivity index (χ3n) is 2.71. The second-order valence-corrected chi connectivity index (χ2v) is 5.90. The Morgan fingerprint density at radius 2 is 2.11 bits per heavy atom. The molecule has 0 saturated heterocycles. The van der Waals surface area contributed by atoms with E-state index in [2.05, 4.69) is 10.6 Å². The smallest absolute Gasteiger partial charge is 0.262 e. The Labute approximate surface area is 115 Å². The molecule has 0 unspecified atom stereocenters. The van der Waals surface area contributed by atoms with Crippen LogP contribution in [-0.4, -0.2) is 31.2 Å². The molecule has 0 radical (unpaired) electrons. The third-order valence-corrected chi connectivity index (χ3v) is 4.54. The number of carbonyl (C=O) groups excluding carboxylic acids is 2. The molecule has 2 rings (SSSR count). The number of hydrogen-bond acceptors (Lipinski definition) is 4. The summed E-state index contributed by atoms with van der Waals surface area (Å²) >= 11 is 3.01. The van der Waals surface area contributed by atoms with Crippen molar-refractivity contribution in [3.63, 3.8) is 0 Å². The Hall–Kier alpha value is -1.01. The number of rotatable bonds is 6. The first kappa shape index (κ1) is 13.4. The Balaban J connectivity index is 1.69. The van der Waals surface area contributed by atoms with Crippen molar-refractivity contribution in [1.82, 2.24) is 10.6 Å². The molecule has 2 amide bonds. The molecule has 1 heterocycles. The van der Waals surface area contributed by atoms with Crippen molar-refractivity contribution in [1.29, 1.82) is 0 Å². The van der Waals surface area contributed by atoms with E-state index in [1.54, 1.807) is 11.8 Å². The van der Waals surface area contributed by atoms with Crippen LogP contribution in [0.25, 0.3) is 0 Å². The van der Waals surface area contributed by atoms with Gasteiger partial charge >= 0.3 is 0 Å². The van der Waals surface area contributed by atoms with E-state index in [1.165, 1.54) is 11.3 Å². The summed E-state index contributed by atoms with van der Waals surface area (Å²) in [6.45, 7) is 0.976. The van der Waals surface area contributed by atoms with Crippen LogP contribution in [0.15, 0.2) is 16.3 Å². The zero-order valence-corrected chi connectivity index (χ0v) is 11.8. The van der Waals surface area contributed by atoms with Crippen LogP contribution >= 0.6 is 23.1 Å². The molecule has 0 atom stereocenters. The first-order valence-corrected chi connectivity index (χ1v) is 8.00. The van der Waals surface area contributed by atoms with Gasteiger partial charge in [-0.2, -0.15) is 0 Å². The predicted molar refractivity (Wildman–Crippen MR) is 74.2 cm³/mol. The summed E-state index contributed by atoms with van der Waals surface area (Å²) in [4.78, 5) is 24.9. The van der Waals surface area contributed by atoms with E-state index in [4.69, 9.17) is 0 Å². The van der Waals surface area contributed by atoms with Crippen molar-refractivity contribution < 1.29 is 9.59 Å². The molecule has 18 heavy (non-hydrogen) atoms. The summed E-state index contributed by atoms with van der Waals surface area (Å²) in [6, 6.07) is 1.94. The minimum atomic E-state index is -0.0602. The van der Waals surface area contributed by atoms with Gasteiger partial charge < -0.3 is 10.6 Å². The lowest BCUT2D eigenvalue weighted by molar-refractivity contribution is -0.122. The van der Waals surface area contributed by atoms with Gasteiger partial charge in [0.25, 0.3) is 5.91 Å². The zero-order chi connectivity index (χ0) is 13.0. The van der Waals surface area contributed by atoms with Gasteiger partial charge in [-0.1, -0.05) is 0 Å². The van der Waals surface area contributed by atoms with E-state index in [9.17, 15) is 9.59 Å². The first-order valence-electron chi connectivity index (χ1n) is 5.89. The van der Waals surface area contributed by atoms with Gasteiger partial charge in [0.1, 0.15) is 4.88 Å². The zero-order valence-electron chi connectivity index (χ0n) is 10.2. The van der Waals surface area contributed by atoms with E-state index in [1.807, 2.05) is 17.7 Å². The number of carbonyl (C=O) groups is 2. The van der Waals surface area contributed by atoms with Gasteiger partial charge in [0.15, 0.2) is 0 Å². The highest BCUT2D eigenvalue weighted by molar-refractivity contribution is 7.98. The highest BCUT2D eigenvalue weighted by atomic mass is 32.2. The van der Waals surface area contributed by atoms with Gasteiger partial charge in [-0.25, -0.2) is 0 Å². The highest BCUT2D eigenvalue weighted by Crippen LogP contribution is 2.28. The molecule has 98 valence electrons. The summed E-state index contributed by atoms with van der Waals surface area (Å²) in [6.07, 6.45) is 3.96. The summed E-state index contributed by atoms with van der Waals surface area (Å²) in [5, 5.41) is 7.55. The first-order chi connectivity index (χ1) is 8.72. The van der Waals surface area contributed by atoms with E-state index < -0.39 is 0 Å². The molecule has 6 heteroatoms. The molecule has 1 aliphatic rings. The fraction of sp³-hybridized carbons (Fsp3) is 0.500. The summed E-state index contributed by atoms with van der Waals surface area (Å²) in [5.74, 6) is 0.279. The van der Waals surface area contributed by atoms with Crippen LogP contribution in [0.4, 0.5) is 0 Å². The molecule has 0 aliphatic heterocycles. The average Bonchev–Trinajstić information content (AvgIpc) is 3.11. The maximum Gasteiger partial charge on any atom is 0.262 e. The fourth-order valence-electron chi connectivity index (χ4n) is 1.56. The molecule has 2 N–H and O–H groups in total. The van der Waals surface area contributed by atoms with Crippen molar-refractivity contribution in [2.24, 2.45) is 5.92 Å². The quantitative estimate of drug-likeness (QED) is 0.618. The average molecular weight is 284 g/mol. The monoisotopic (exact) mass is 284 g/mol. The van der Waals surface area contributed by atoms with Gasteiger partial charge in [-0.3, -0.25) is 9.59 Å². The maximum atomic E-state index is 11.8. The minimum absolute atomic E-state index is 0.0602. The standard InChI is InChI=1S/C12H16N2O2S2/c1-17-9-4-7-18-10(9)12(16)14-6-5-13-11(15)8-2-3-8/h4,7-8H,2-3,5-6H2,1H3,(H,13,15)(H,14,16). The lowest BCUT2D eigenvalue weighted by atomic mass is 10.4. The van der Waals surface area contributed by atoms with Crippen LogP contribution in [0, 0.1) is 5.92 Å². The number of thioether (sulfide) groups is 1. The van der Waals surface area contributed by atoms with Gasteiger partial charge in [0.2, 0.25) is 5.91 Å². The molecule has 1 fully saturated rings. The normalized spacial score (nSPS) is 14.3. The molecule has 1 aliphatic carbocycles. The van der Waals surface area contributed by atoms with Crippen LogP contribution in [0.5, 0.6) is 0 Å². The SMILES string of the molecule is CSc1ccsc1C(=O)NCCNC(=O)C1CC1. The molecule has 0 bridgehead atoms. The topological polar surface area (TPSA) is 58.2 Å². The molecule has 0 spiro atoms. The van der Waals surface area contributed by atoms with Gasteiger partial charge in [-0.05, 0) is 30.5 Å². The molecular formula is C12H16N2O2S2. The van der Waals surface area contributed by atoms with Crippen molar-refractivity contribution in [3.05, 3.63) is 16.3 Å². The maximum absolute atomic E-state index is 11.8. The van der Waals surface area contributed by atoms with Crippen LogP contribution in [0.3, 0.4) is 0 Å². The molecule has 1 aromatic rings. The number of amides is 2. The lowest BCUT2D eigenvalue weighted by Gasteiger charge is -2.06. The van der Waals surface area contributed by atoms with E-state index >= 15 is 0 Å². The number of hydrogen-bond donors (Lipinski definition) is 2. The fourth-order valence-corrected chi connectivity index (χ4v) is 3.22.